The predicted octanol–water partition coefficient (Wildman–Crippen LogP) is 1.10. The molecular formula is C8H15FN2O. The number of carbonyl (C=O) groups is 1. The molecule has 12 heavy (non-hydrogen) atoms. The summed E-state index contributed by atoms with van der Waals surface area (Å²) in [5.74, 6) is 0. The molecule has 0 radical (unpaired) electrons. The fourth-order valence-corrected chi connectivity index (χ4v) is 1.41. The van der Waals surface area contributed by atoms with Crippen molar-refractivity contribution in [3.8, 4) is 0 Å². The minimum absolute atomic E-state index is 0.488. The average molecular weight is 174 g/mol. The predicted molar refractivity (Wildman–Crippen MR) is 44.8 cm³/mol. The first-order valence-corrected chi connectivity index (χ1v) is 4.29. The van der Waals surface area contributed by atoms with Crippen molar-refractivity contribution in [2.75, 3.05) is 26.2 Å². The summed E-state index contributed by atoms with van der Waals surface area (Å²) in [6.07, 6.45) is -1.29. The highest BCUT2D eigenvalue weighted by Crippen LogP contribution is 2.06. The van der Waals surface area contributed by atoms with Crippen molar-refractivity contribution in [2.45, 2.75) is 19.9 Å². The van der Waals surface area contributed by atoms with Gasteiger partial charge in [0.25, 0.3) is 0 Å². The third kappa shape index (κ3) is 2.17. The van der Waals surface area contributed by atoms with Crippen molar-refractivity contribution < 1.29 is 9.18 Å². The minimum Gasteiger partial charge on any atom is -0.312 e. The Balaban J connectivity index is 2.34. The summed E-state index contributed by atoms with van der Waals surface area (Å²) in [7, 11) is 0. The zero-order chi connectivity index (χ0) is 9.14. The molecular weight excluding hydrogens is 159 g/mol. The molecule has 1 amide bonds. The molecule has 0 bridgehead atoms. The number of hydrogen-bond donors (Lipinski definition) is 0. The Hall–Kier alpha value is -0.640. The van der Waals surface area contributed by atoms with Crippen LogP contribution in [0.4, 0.5) is 9.18 Å². The smallest absolute Gasteiger partial charge is 0.312 e. The lowest BCUT2D eigenvalue weighted by Gasteiger charge is -2.35. The summed E-state index contributed by atoms with van der Waals surface area (Å²) in [6, 6.07) is 0.488. The second-order valence-electron chi connectivity index (χ2n) is 3.37. The zero-order valence-corrected chi connectivity index (χ0v) is 7.59. The highest BCUT2D eigenvalue weighted by molar-refractivity contribution is 5.66. The van der Waals surface area contributed by atoms with Gasteiger partial charge < -0.3 is 4.90 Å². The highest BCUT2D eigenvalue weighted by atomic mass is 19.1. The van der Waals surface area contributed by atoms with Crippen molar-refractivity contribution >= 4 is 6.16 Å². The molecule has 0 atom stereocenters. The molecule has 0 saturated carbocycles. The number of amides is 1. The first kappa shape index (κ1) is 9.45. The van der Waals surface area contributed by atoms with Crippen molar-refractivity contribution in [2.24, 2.45) is 0 Å². The number of nitrogens with zero attached hydrogens (tertiary/aromatic N) is 2. The molecule has 0 aromatic carbocycles. The minimum atomic E-state index is -1.29. The molecule has 1 fully saturated rings. The Morgan fingerprint density at radius 1 is 1.25 bits per heavy atom. The molecule has 0 aromatic heterocycles. The molecule has 1 heterocycles. The van der Waals surface area contributed by atoms with Crippen LogP contribution >= 0.6 is 0 Å². The van der Waals surface area contributed by atoms with E-state index in [1.54, 1.807) is 0 Å². The number of rotatable bonds is 1. The molecule has 0 unspecified atom stereocenters. The van der Waals surface area contributed by atoms with E-state index in [1.807, 2.05) is 0 Å². The zero-order valence-electron chi connectivity index (χ0n) is 7.59. The van der Waals surface area contributed by atoms with Gasteiger partial charge in [0.1, 0.15) is 0 Å². The molecule has 1 aliphatic heterocycles. The van der Waals surface area contributed by atoms with E-state index in [-0.39, 0.29) is 0 Å². The van der Waals surface area contributed by atoms with Crippen LogP contribution in [0.2, 0.25) is 0 Å². The van der Waals surface area contributed by atoms with Gasteiger partial charge in [-0.15, -0.1) is 4.39 Å². The monoisotopic (exact) mass is 174 g/mol. The van der Waals surface area contributed by atoms with Crippen LogP contribution in [0.15, 0.2) is 0 Å². The van der Waals surface area contributed by atoms with Gasteiger partial charge in [-0.05, 0) is 13.8 Å². The second kappa shape index (κ2) is 3.85. The SMILES string of the molecule is CC(C)N1CCN(C(=O)F)CC1. The molecule has 0 aromatic rings. The molecule has 1 saturated heterocycles. The van der Waals surface area contributed by atoms with E-state index in [1.165, 1.54) is 4.90 Å². The van der Waals surface area contributed by atoms with Crippen LogP contribution in [0.3, 0.4) is 0 Å². The summed E-state index contributed by atoms with van der Waals surface area (Å²) < 4.78 is 12.2. The Morgan fingerprint density at radius 3 is 2.08 bits per heavy atom. The normalized spacial score (nSPS) is 20.2. The first-order valence-electron chi connectivity index (χ1n) is 4.29. The summed E-state index contributed by atoms with van der Waals surface area (Å²) in [5.41, 5.74) is 0. The van der Waals surface area contributed by atoms with E-state index in [9.17, 15) is 9.18 Å². The Kier molecular flexibility index (Phi) is 3.03. The van der Waals surface area contributed by atoms with E-state index in [2.05, 4.69) is 18.7 Å². The molecule has 4 heteroatoms. The number of carbonyl (C=O) groups excluding carboxylic acids is 1. The van der Waals surface area contributed by atoms with E-state index in [0.29, 0.717) is 19.1 Å². The van der Waals surface area contributed by atoms with E-state index in [0.717, 1.165) is 13.1 Å². The molecule has 1 rings (SSSR count). The number of piperazine rings is 1. The van der Waals surface area contributed by atoms with Crippen LogP contribution in [0, 0.1) is 0 Å². The molecule has 0 aliphatic carbocycles. The fraction of sp³-hybridized carbons (Fsp3) is 0.875. The third-order valence-corrected chi connectivity index (χ3v) is 2.29. The van der Waals surface area contributed by atoms with Gasteiger partial charge in [-0.1, -0.05) is 0 Å². The molecule has 1 aliphatic rings. The van der Waals surface area contributed by atoms with Crippen LogP contribution in [0.1, 0.15) is 13.8 Å². The van der Waals surface area contributed by atoms with Crippen molar-refractivity contribution in [1.29, 1.82) is 0 Å². The lowest BCUT2D eigenvalue weighted by Crippen LogP contribution is -2.49. The van der Waals surface area contributed by atoms with Gasteiger partial charge in [0.2, 0.25) is 0 Å². The number of hydrogen-bond acceptors (Lipinski definition) is 2. The van der Waals surface area contributed by atoms with Gasteiger partial charge in [-0.3, -0.25) is 4.90 Å². The third-order valence-electron chi connectivity index (χ3n) is 2.29. The van der Waals surface area contributed by atoms with Crippen molar-refractivity contribution in [3.63, 3.8) is 0 Å². The fourth-order valence-electron chi connectivity index (χ4n) is 1.41. The van der Waals surface area contributed by atoms with Crippen molar-refractivity contribution in [3.05, 3.63) is 0 Å². The lowest BCUT2D eigenvalue weighted by molar-refractivity contribution is 0.108. The molecule has 0 N–H and O–H groups in total. The van der Waals surface area contributed by atoms with Crippen LogP contribution < -0.4 is 0 Å². The Labute approximate surface area is 72.1 Å². The molecule has 0 spiro atoms. The van der Waals surface area contributed by atoms with Gasteiger partial charge in [-0.25, -0.2) is 4.79 Å². The quantitative estimate of drug-likeness (QED) is 0.439. The van der Waals surface area contributed by atoms with Gasteiger partial charge >= 0.3 is 6.16 Å². The maximum atomic E-state index is 12.2. The van der Waals surface area contributed by atoms with Gasteiger partial charge in [0.15, 0.2) is 0 Å². The number of halogens is 1. The van der Waals surface area contributed by atoms with E-state index < -0.39 is 6.16 Å². The van der Waals surface area contributed by atoms with Gasteiger partial charge in [-0.2, -0.15) is 0 Å². The topological polar surface area (TPSA) is 23.6 Å². The van der Waals surface area contributed by atoms with E-state index in [4.69, 9.17) is 0 Å². The van der Waals surface area contributed by atoms with Crippen LogP contribution in [-0.2, 0) is 0 Å². The first-order chi connectivity index (χ1) is 5.61. The summed E-state index contributed by atoms with van der Waals surface area (Å²) in [4.78, 5) is 13.8. The van der Waals surface area contributed by atoms with Crippen LogP contribution in [0.25, 0.3) is 0 Å². The lowest BCUT2D eigenvalue weighted by atomic mass is 10.2. The average Bonchev–Trinajstić information content (AvgIpc) is 2.04. The second-order valence-corrected chi connectivity index (χ2v) is 3.37. The summed E-state index contributed by atoms with van der Waals surface area (Å²) in [5, 5.41) is 0. The maximum Gasteiger partial charge on any atom is 0.400 e. The Morgan fingerprint density at radius 2 is 1.75 bits per heavy atom. The summed E-state index contributed by atoms with van der Waals surface area (Å²) >= 11 is 0. The largest absolute Gasteiger partial charge is 0.400 e. The molecule has 3 nitrogen and oxygen atoms in total. The Bertz CT molecular complexity index is 164. The van der Waals surface area contributed by atoms with Gasteiger partial charge in [0.05, 0.1) is 0 Å². The van der Waals surface area contributed by atoms with Crippen LogP contribution in [0.5, 0.6) is 0 Å². The standard InChI is InChI=1S/C8H15FN2O/c1-7(2)10-3-5-11(6-4-10)8(9)12/h7H,3-6H2,1-2H3. The molecule has 70 valence electrons. The van der Waals surface area contributed by atoms with Crippen LogP contribution in [-0.4, -0.2) is 48.2 Å². The highest BCUT2D eigenvalue weighted by Gasteiger charge is 2.21. The van der Waals surface area contributed by atoms with E-state index >= 15 is 0 Å². The summed E-state index contributed by atoms with van der Waals surface area (Å²) in [6.45, 7) is 6.82. The maximum absolute atomic E-state index is 12.2. The van der Waals surface area contributed by atoms with Crippen molar-refractivity contribution in [1.82, 2.24) is 9.80 Å². The van der Waals surface area contributed by atoms with Gasteiger partial charge in [0, 0.05) is 32.2 Å².